The molecule has 0 saturated heterocycles. The van der Waals surface area contributed by atoms with Crippen LogP contribution in [-0.4, -0.2) is 43.2 Å². The van der Waals surface area contributed by atoms with Gasteiger partial charge in [0.1, 0.15) is 5.82 Å². The Morgan fingerprint density at radius 1 is 1.23 bits per heavy atom. The molecule has 0 saturated carbocycles. The van der Waals surface area contributed by atoms with Crippen LogP contribution in [0.3, 0.4) is 0 Å². The highest BCUT2D eigenvalue weighted by Crippen LogP contribution is 2.31. The van der Waals surface area contributed by atoms with Crippen LogP contribution in [-0.2, 0) is 14.8 Å². The van der Waals surface area contributed by atoms with Crippen LogP contribution in [0.2, 0.25) is 5.02 Å². The van der Waals surface area contributed by atoms with E-state index in [-0.39, 0.29) is 34.4 Å². The van der Waals surface area contributed by atoms with Gasteiger partial charge in [-0.05, 0) is 30.3 Å². The zero-order valence-corrected chi connectivity index (χ0v) is 17.7. The van der Waals surface area contributed by atoms with Gasteiger partial charge in [-0.15, -0.1) is 0 Å². The number of hydrogen-bond donors (Lipinski definition) is 1. The van der Waals surface area contributed by atoms with E-state index in [0.717, 1.165) is 28.6 Å². The van der Waals surface area contributed by atoms with E-state index in [1.165, 1.54) is 12.1 Å². The summed E-state index contributed by atoms with van der Waals surface area (Å²) in [4.78, 5) is 22.4. The molecule has 2 rings (SSSR count). The summed E-state index contributed by atoms with van der Waals surface area (Å²) in [5.41, 5.74) is -0.460. The number of rotatable bonds is 9. The van der Waals surface area contributed by atoms with Gasteiger partial charge in [0.2, 0.25) is 10.0 Å². The van der Waals surface area contributed by atoms with Crippen LogP contribution < -0.4 is 10.1 Å². The van der Waals surface area contributed by atoms with Crippen LogP contribution in [0.25, 0.3) is 0 Å². The second-order valence-electron chi connectivity index (χ2n) is 5.94. The minimum absolute atomic E-state index is 0.0275. The number of ether oxygens (including phenoxy) is 1. The van der Waals surface area contributed by atoms with Crippen LogP contribution in [0.15, 0.2) is 41.3 Å². The number of carbonyl (C=O) groups is 1. The molecule has 162 valence electrons. The maximum absolute atomic E-state index is 13.1. The highest BCUT2D eigenvalue weighted by Gasteiger charge is 2.26. The fourth-order valence-electron chi connectivity index (χ4n) is 2.56. The van der Waals surface area contributed by atoms with Crippen molar-refractivity contribution in [2.45, 2.75) is 18.7 Å². The molecule has 9 nitrogen and oxygen atoms in total. The molecule has 0 bridgehead atoms. The van der Waals surface area contributed by atoms with Gasteiger partial charge in [-0.3, -0.25) is 14.9 Å². The van der Waals surface area contributed by atoms with E-state index in [9.17, 15) is 27.7 Å². The third kappa shape index (κ3) is 5.43. The largest absolute Gasteiger partial charge is 0.477 e. The fraction of sp³-hybridized carbons (Fsp3) is 0.278. The number of nitrogens with one attached hydrogen (secondary N) is 1. The molecule has 12 heteroatoms. The van der Waals surface area contributed by atoms with Crippen LogP contribution in [0.5, 0.6) is 5.75 Å². The quantitative estimate of drug-likeness (QED) is 0.453. The van der Waals surface area contributed by atoms with Crippen molar-refractivity contribution >= 4 is 38.9 Å². The minimum Gasteiger partial charge on any atom is -0.477 e. The first-order valence-corrected chi connectivity index (χ1v) is 10.6. The summed E-state index contributed by atoms with van der Waals surface area (Å²) in [6.45, 7) is 3.10. The van der Waals surface area contributed by atoms with E-state index in [1.807, 2.05) is 0 Å². The van der Waals surface area contributed by atoms with Crippen molar-refractivity contribution in [2.24, 2.45) is 0 Å². The van der Waals surface area contributed by atoms with Gasteiger partial charge in [0.25, 0.3) is 5.91 Å². The third-order valence-corrected chi connectivity index (χ3v) is 6.39. The number of nitro benzene ring substituents is 1. The molecule has 0 aromatic heterocycles. The highest BCUT2D eigenvalue weighted by atomic mass is 35.5. The summed E-state index contributed by atoms with van der Waals surface area (Å²) in [7, 11) is -3.91. The van der Waals surface area contributed by atoms with Crippen LogP contribution in [0.4, 0.5) is 15.8 Å². The molecule has 2 aromatic rings. The standard InChI is InChI=1S/C18H19ClFN3O6S/c1-3-22(4-2)30(27,28)13-6-8-17(16(10-13)23(25)26)29-11-18(24)21-15-7-5-12(20)9-14(15)19/h5-10H,3-4,11H2,1-2H3,(H,21,24). The van der Waals surface area contributed by atoms with Crippen LogP contribution in [0, 0.1) is 15.9 Å². The van der Waals surface area contributed by atoms with Crippen molar-refractivity contribution < 1.29 is 27.3 Å². The molecule has 2 aromatic carbocycles. The summed E-state index contributed by atoms with van der Waals surface area (Å²) in [5.74, 6) is -1.55. The Bertz CT molecular complexity index is 1060. The van der Waals surface area contributed by atoms with Crippen molar-refractivity contribution in [1.82, 2.24) is 4.31 Å². The maximum atomic E-state index is 13.1. The number of anilines is 1. The zero-order chi connectivity index (χ0) is 22.5. The summed E-state index contributed by atoms with van der Waals surface area (Å²) < 4.78 is 44.5. The first-order valence-electron chi connectivity index (χ1n) is 8.76. The maximum Gasteiger partial charge on any atom is 0.312 e. The molecule has 30 heavy (non-hydrogen) atoms. The normalized spacial score (nSPS) is 11.4. The predicted molar refractivity (Wildman–Crippen MR) is 109 cm³/mol. The molecule has 0 aliphatic carbocycles. The van der Waals surface area contributed by atoms with Gasteiger partial charge in [0.05, 0.1) is 20.5 Å². The Morgan fingerprint density at radius 2 is 1.90 bits per heavy atom. The predicted octanol–water partition coefficient (Wildman–Crippen LogP) is 3.44. The Labute approximate surface area is 177 Å². The second kappa shape index (κ2) is 9.83. The lowest BCUT2D eigenvalue weighted by Crippen LogP contribution is -2.30. The highest BCUT2D eigenvalue weighted by molar-refractivity contribution is 7.89. The number of sulfonamides is 1. The van der Waals surface area contributed by atoms with Gasteiger partial charge < -0.3 is 10.1 Å². The Hall–Kier alpha value is -2.76. The average molecular weight is 460 g/mol. The fourth-order valence-corrected chi connectivity index (χ4v) is 4.25. The number of amides is 1. The van der Waals surface area contributed by atoms with Crippen molar-refractivity contribution in [3.63, 3.8) is 0 Å². The van der Waals surface area contributed by atoms with E-state index in [0.29, 0.717) is 0 Å². The molecule has 0 atom stereocenters. The molecule has 0 spiro atoms. The monoisotopic (exact) mass is 459 g/mol. The number of hydrogen-bond acceptors (Lipinski definition) is 6. The van der Waals surface area contributed by atoms with Crippen LogP contribution in [0.1, 0.15) is 13.8 Å². The van der Waals surface area contributed by atoms with E-state index in [1.54, 1.807) is 13.8 Å². The van der Waals surface area contributed by atoms with Gasteiger partial charge in [0.15, 0.2) is 12.4 Å². The number of nitrogens with zero attached hydrogens (tertiary/aromatic N) is 2. The van der Waals surface area contributed by atoms with E-state index in [4.69, 9.17) is 16.3 Å². The summed E-state index contributed by atoms with van der Waals surface area (Å²) in [6, 6.07) is 6.54. The second-order valence-corrected chi connectivity index (χ2v) is 8.28. The van der Waals surface area contributed by atoms with E-state index >= 15 is 0 Å². The molecule has 1 amide bonds. The lowest BCUT2D eigenvalue weighted by Gasteiger charge is -2.18. The van der Waals surface area contributed by atoms with Crippen molar-refractivity contribution in [3.05, 3.63) is 57.4 Å². The third-order valence-electron chi connectivity index (χ3n) is 4.03. The van der Waals surface area contributed by atoms with Gasteiger partial charge in [0, 0.05) is 19.2 Å². The van der Waals surface area contributed by atoms with Gasteiger partial charge >= 0.3 is 5.69 Å². The number of halogens is 2. The van der Waals surface area contributed by atoms with Crippen molar-refractivity contribution in [1.29, 1.82) is 0 Å². The average Bonchev–Trinajstić information content (AvgIpc) is 2.69. The zero-order valence-electron chi connectivity index (χ0n) is 16.1. The molecular weight excluding hydrogens is 441 g/mol. The number of nitro groups is 1. The molecular formula is C18H19ClFN3O6S. The topological polar surface area (TPSA) is 119 Å². The molecule has 0 aliphatic heterocycles. The lowest BCUT2D eigenvalue weighted by atomic mass is 10.3. The number of carbonyl (C=O) groups excluding carboxylic acids is 1. The Morgan fingerprint density at radius 3 is 2.47 bits per heavy atom. The Balaban J connectivity index is 2.19. The summed E-state index contributed by atoms with van der Waals surface area (Å²) >= 11 is 5.82. The summed E-state index contributed by atoms with van der Waals surface area (Å²) in [5, 5.41) is 13.7. The summed E-state index contributed by atoms with van der Waals surface area (Å²) in [6.07, 6.45) is 0. The number of benzene rings is 2. The van der Waals surface area contributed by atoms with E-state index < -0.39 is 39.0 Å². The van der Waals surface area contributed by atoms with Gasteiger partial charge in [-0.1, -0.05) is 25.4 Å². The molecule has 0 fully saturated rings. The molecule has 0 radical (unpaired) electrons. The van der Waals surface area contributed by atoms with E-state index in [2.05, 4.69) is 5.32 Å². The van der Waals surface area contributed by atoms with Gasteiger partial charge in [-0.2, -0.15) is 4.31 Å². The first kappa shape index (κ1) is 23.5. The molecule has 1 N–H and O–H groups in total. The Kier molecular flexibility index (Phi) is 7.71. The molecule has 0 heterocycles. The first-order chi connectivity index (χ1) is 14.1. The van der Waals surface area contributed by atoms with Gasteiger partial charge in [-0.25, -0.2) is 12.8 Å². The SMILES string of the molecule is CCN(CC)S(=O)(=O)c1ccc(OCC(=O)Nc2ccc(F)cc2Cl)c([N+](=O)[O-])c1. The smallest absolute Gasteiger partial charge is 0.312 e. The lowest BCUT2D eigenvalue weighted by molar-refractivity contribution is -0.386. The van der Waals surface area contributed by atoms with Crippen LogP contribution >= 0.6 is 11.6 Å². The van der Waals surface area contributed by atoms with Crippen molar-refractivity contribution in [2.75, 3.05) is 25.0 Å². The van der Waals surface area contributed by atoms with Crippen molar-refractivity contribution in [3.8, 4) is 5.75 Å². The molecule has 0 unspecified atom stereocenters. The molecule has 0 aliphatic rings. The minimum atomic E-state index is -3.91.